The molecule has 3 N–H and O–H groups in total. The molecule has 0 aliphatic carbocycles. The van der Waals surface area contributed by atoms with Crippen LogP contribution in [0.25, 0.3) is 5.82 Å². The summed E-state index contributed by atoms with van der Waals surface area (Å²) >= 11 is 0. The van der Waals surface area contributed by atoms with Crippen molar-refractivity contribution in [3.63, 3.8) is 0 Å². The molecule has 7 nitrogen and oxygen atoms in total. The van der Waals surface area contributed by atoms with E-state index in [2.05, 4.69) is 15.3 Å². The highest BCUT2D eigenvalue weighted by Gasteiger charge is 2.15. The lowest BCUT2D eigenvalue weighted by Crippen LogP contribution is -2.35. The number of hydrogen-bond donors (Lipinski definition) is 2. The van der Waals surface area contributed by atoms with Crippen molar-refractivity contribution in [2.45, 2.75) is 13.0 Å². The zero-order chi connectivity index (χ0) is 14.5. The van der Waals surface area contributed by atoms with Gasteiger partial charge in [-0.25, -0.2) is 9.97 Å². The van der Waals surface area contributed by atoms with Crippen molar-refractivity contribution in [2.75, 3.05) is 19.0 Å². The fourth-order valence-electron chi connectivity index (χ4n) is 1.76. The SMILES string of the molecule is COC(CN)C(=O)Nc1ccc(-n2ccnc2C)nc1. The topological polar surface area (TPSA) is 95.1 Å². The summed E-state index contributed by atoms with van der Waals surface area (Å²) in [4.78, 5) is 20.2. The van der Waals surface area contributed by atoms with E-state index in [-0.39, 0.29) is 12.5 Å². The van der Waals surface area contributed by atoms with Crippen LogP contribution in [-0.2, 0) is 9.53 Å². The number of nitrogens with zero attached hydrogens (tertiary/aromatic N) is 3. The molecule has 0 bridgehead atoms. The van der Waals surface area contributed by atoms with Crippen LogP contribution in [0.2, 0.25) is 0 Å². The first-order valence-corrected chi connectivity index (χ1v) is 6.15. The average molecular weight is 275 g/mol. The summed E-state index contributed by atoms with van der Waals surface area (Å²) in [6, 6.07) is 3.57. The Morgan fingerprint density at radius 3 is 2.80 bits per heavy atom. The number of aryl methyl sites for hydroxylation is 1. The van der Waals surface area contributed by atoms with Gasteiger partial charge in [-0.1, -0.05) is 0 Å². The van der Waals surface area contributed by atoms with E-state index >= 15 is 0 Å². The second kappa shape index (κ2) is 6.27. The number of aromatic nitrogens is 3. The molecule has 0 aliphatic rings. The van der Waals surface area contributed by atoms with Gasteiger partial charge in [0.15, 0.2) is 0 Å². The van der Waals surface area contributed by atoms with Crippen LogP contribution in [0.5, 0.6) is 0 Å². The first kappa shape index (κ1) is 14.2. The minimum absolute atomic E-state index is 0.127. The monoisotopic (exact) mass is 275 g/mol. The zero-order valence-electron chi connectivity index (χ0n) is 11.4. The van der Waals surface area contributed by atoms with Gasteiger partial charge in [-0.05, 0) is 19.1 Å². The molecule has 1 atom stereocenters. The van der Waals surface area contributed by atoms with Crippen LogP contribution in [0.1, 0.15) is 5.82 Å². The summed E-state index contributed by atoms with van der Waals surface area (Å²) in [5.74, 6) is 1.29. The van der Waals surface area contributed by atoms with E-state index in [1.165, 1.54) is 7.11 Å². The third kappa shape index (κ3) is 3.01. The molecule has 0 radical (unpaired) electrons. The highest BCUT2D eigenvalue weighted by Crippen LogP contribution is 2.11. The Balaban J connectivity index is 2.09. The number of nitrogens with one attached hydrogen (secondary N) is 1. The van der Waals surface area contributed by atoms with Crippen molar-refractivity contribution in [1.29, 1.82) is 0 Å². The second-order valence-electron chi connectivity index (χ2n) is 4.20. The van der Waals surface area contributed by atoms with Crippen molar-refractivity contribution in [3.8, 4) is 5.82 Å². The maximum Gasteiger partial charge on any atom is 0.254 e. The minimum atomic E-state index is -0.662. The lowest BCUT2D eigenvalue weighted by molar-refractivity contribution is -0.125. The van der Waals surface area contributed by atoms with Crippen molar-refractivity contribution in [1.82, 2.24) is 14.5 Å². The Morgan fingerprint density at radius 1 is 1.50 bits per heavy atom. The second-order valence-corrected chi connectivity index (χ2v) is 4.20. The van der Waals surface area contributed by atoms with Crippen LogP contribution in [-0.4, -0.2) is 40.2 Å². The average Bonchev–Trinajstić information content (AvgIpc) is 2.87. The molecular formula is C13H17N5O2. The fraction of sp³-hybridized carbons (Fsp3) is 0.308. The summed E-state index contributed by atoms with van der Waals surface area (Å²) in [5, 5.41) is 2.70. The van der Waals surface area contributed by atoms with E-state index in [4.69, 9.17) is 10.5 Å². The molecular weight excluding hydrogens is 258 g/mol. The molecule has 2 aromatic rings. The molecule has 0 aromatic carbocycles. The number of pyridine rings is 1. The number of anilines is 1. The smallest absolute Gasteiger partial charge is 0.254 e. The van der Waals surface area contributed by atoms with Gasteiger partial charge in [0.2, 0.25) is 0 Å². The number of imidazole rings is 1. The molecule has 0 spiro atoms. The maximum atomic E-state index is 11.8. The Kier molecular flexibility index (Phi) is 4.44. The van der Waals surface area contributed by atoms with Crippen LogP contribution in [0.15, 0.2) is 30.7 Å². The summed E-state index contributed by atoms with van der Waals surface area (Å²) in [6.45, 7) is 2.02. The van der Waals surface area contributed by atoms with Gasteiger partial charge < -0.3 is 15.8 Å². The number of ether oxygens (including phenoxy) is 1. The van der Waals surface area contributed by atoms with E-state index in [9.17, 15) is 4.79 Å². The summed E-state index contributed by atoms with van der Waals surface area (Å²) < 4.78 is 6.81. The van der Waals surface area contributed by atoms with Crippen LogP contribution in [0.4, 0.5) is 5.69 Å². The molecule has 2 rings (SSSR count). The maximum absolute atomic E-state index is 11.8. The quantitative estimate of drug-likeness (QED) is 0.828. The van der Waals surface area contributed by atoms with Gasteiger partial charge in [0.1, 0.15) is 17.7 Å². The standard InChI is InChI=1S/C13H17N5O2/c1-9-15-5-6-18(9)12-4-3-10(8-16-12)17-13(19)11(7-14)20-2/h3-6,8,11H,7,14H2,1-2H3,(H,17,19). The number of amides is 1. The molecule has 0 aliphatic heterocycles. The molecule has 2 heterocycles. The van der Waals surface area contributed by atoms with Crippen LogP contribution >= 0.6 is 0 Å². The van der Waals surface area contributed by atoms with Gasteiger partial charge in [0, 0.05) is 26.0 Å². The van der Waals surface area contributed by atoms with E-state index in [1.807, 2.05) is 17.7 Å². The lowest BCUT2D eigenvalue weighted by Gasteiger charge is -2.13. The predicted molar refractivity (Wildman–Crippen MR) is 74.6 cm³/mol. The number of rotatable bonds is 5. The first-order valence-electron chi connectivity index (χ1n) is 6.15. The van der Waals surface area contributed by atoms with Crippen molar-refractivity contribution in [3.05, 3.63) is 36.5 Å². The van der Waals surface area contributed by atoms with Gasteiger partial charge in [0.05, 0.1) is 11.9 Å². The fourth-order valence-corrected chi connectivity index (χ4v) is 1.76. The molecule has 0 saturated carbocycles. The van der Waals surface area contributed by atoms with Gasteiger partial charge in [-0.3, -0.25) is 9.36 Å². The van der Waals surface area contributed by atoms with Gasteiger partial charge in [0.25, 0.3) is 5.91 Å². The lowest BCUT2D eigenvalue weighted by atomic mass is 10.3. The van der Waals surface area contributed by atoms with Crippen molar-refractivity contribution in [2.24, 2.45) is 5.73 Å². The Morgan fingerprint density at radius 2 is 2.30 bits per heavy atom. The molecule has 106 valence electrons. The third-order valence-electron chi connectivity index (χ3n) is 2.88. The van der Waals surface area contributed by atoms with Gasteiger partial charge in [-0.2, -0.15) is 0 Å². The minimum Gasteiger partial charge on any atom is -0.370 e. The molecule has 20 heavy (non-hydrogen) atoms. The van der Waals surface area contributed by atoms with Crippen molar-refractivity contribution < 1.29 is 9.53 Å². The third-order valence-corrected chi connectivity index (χ3v) is 2.88. The number of nitrogens with two attached hydrogens (primary N) is 1. The Bertz CT molecular complexity index is 575. The summed E-state index contributed by atoms with van der Waals surface area (Å²) in [6.07, 6.45) is 4.45. The highest BCUT2D eigenvalue weighted by molar-refractivity contribution is 5.94. The summed E-state index contributed by atoms with van der Waals surface area (Å²) in [7, 11) is 1.44. The van der Waals surface area contributed by atoms with E-state index in [0.717, 1.165) is 11.6 Å². The van der Waals surface area contributed by atoms with E-state index in [0.29, 0.717) is 5.69 Å². The molecule has 1 amide bonds. The Labute approximate surface area is 116 Å². The number of carbonyl (C=O) groups is 1. The molecule has 0 saturated heterocycles. The first-order chi connectivity index (χ1) is 9.65. The number of methoxy groups -OCH3 is 1. The number of hydrogen-bond acceptors (Lipinski definition) is 5. The van der Waals surface area contributed by atoms with E-state index in [1.54, 1.807) is 24.5 Å². The Hall–Kier alpha value is -2.25. The van der Waals surface area contributed by atoms with Gasteiger partial charge >= 0.3 is 0 Å². The molecule has 0 fully saturated rings. The normalized spacial score (nSPS) is 12.2. The zero-order valence-corrected chi connectivity index (χ0v) is 11.4. The largest absolute Gasteiger partial charge is 0.370 e. The van der Waals surface area contributed by atoms with Crippen molar-refractivity contribution >= 4 is 11.6 Å². The van der Waals surface area contributed by atoms with Gasteiger partial charge in [-0.15, -0.1) is 0 Å². The highest BCUT2D eigenvalue weighted by atomic mass is 16.5. The van der Waals surface area contributed by atoms with Crippen LogP contribution in [0, 0.1) is 6.92 Å². The predicted octanol–water partition coefficient (Wildman–Crippen LogP) is 0.488. The van der Waals surface area contributed by atoms with Crippen LogP contribution < -0.4 is 11.1 Å². The molecule has 1 unspecified atom stereocenters. The molecule has 7 heteroatoms. The molecule has 2 aromatic heterocycles. The van der Waals surface area contributed by atoms with E-state index < -0.39 is 6.10 Å². The summed E-state index contributed by atoms with van der Waals surface area (Å²) in [5.41, 5.74) is 6.02. The number of carbonyl (C=O) groups excluding carboxylic acids is 1. The van der Waals surface area contributed by atoms with Crippen LogP contribution in [0.3, 0.4) is 0 Å².